The van der Waals surface area contributed by atoms with Gasteiger partial charge in [0.15, 0.2) is 11.5 Å². The van der Waals surface area contributed by atoms with E-state index >= 15 is 0 Å². The molecule has 7 rings (SSSR count). The number of hydrogen-bond donors (Lipinski definition) is 10. The van der Waals surface area contributed by atoms with E-state index in [1.54, 1.807) is 0 Å². The summed E-state index contributed by atoms with van der Waals surface area (Å²) in [7, 11) is -37.6. The van der Waals surface area contributed by atoms with Crippen LogP contribution in [0.25, 0.3) is 21.5 Å². The predicted molar refractivity (Wildman–Crippen MR) is 312 cm³/mol. The van der Waals surface area contributed by atoms with Gasteiger partial charge < -0.3 is 26.0 Å². The number of nitrogens with one attached hydrogen (secondary N) is 1. The SMILES string of the molecule is CC(=O)Nc1cc(C)c(N=Nc2ccc(N=Nc3c(S(=O)(=O)O)cc4c(S(=O)(=O)O)c(N=Nc5cc(S(=O)(=O)O)c6ccc(N=Nc7ccc([N+](=O)[O-])cc7S(=O)(=O)O)c(O)c6c5N)ccc4c3O)cc2S(=O)(=O)O)cc1OCCCS(=O)(=O)O.O=S(=O)=O.O=S(=O)=O. The molecule has 0 aliphatic heterocycles. The number of phenolic OH excluding ortho intramolecular Hbond substituents is 2. The van der Waals surface area contributed by atoms with E-state index in [-0.39, 0.29) is 30.2 Å². The van der Waals surface area contributed by atoms with Gasteiger partial charge in [0.1, 0.15) is 64.4 Å². The molecule has 0 aliphatic rings. The van der Waals surface area contributed by atoms with Gasteiger partial charge in [-0.15, -0.1) is 55.9 Å². The predicted octanol–water partition coefficient (Wildman–Crippen LogP) is 6.71. The highest BCUT2D eigenvalue weighted by atomic mass is 32.2. The van der Waals surface area contributed by atoms with Crippen LogP contribution in [0.5, 0.6) is 17.2 Å². The molecule has 1 amide bonds. The highest BCUT2D eigenvalue weighted by Crippen LogP contribution is 2.48. The van der Waals surface area contributed by atoms with Crippen LogP contribution in [-0.4, -0.2) is 136 Å². The zero-order valence-corrected chi connectivity index (χ0v) is 52.2. The molecule has 496 valence electrons. The van der Waals surface area contributed by atoms with Gasteiger partial charge in [-0.2, -0.15) is 60.7 Å². The molecule has 0 saturated carbocycles. The molecular formula is C44H37N11O30S8. The lowest BCUT2D eigenvalue weighted by atomic mass is 10.1. The monoisotopic (exact) mass is 1450 g/mol. The van der Waals surface area contributed by atoms with Crippen molar-refractivity contribution in [2.45, 2.75) is 44.7 Å². The van der Waals surface area contributed by atoms with E-state index in [1.807, 2.05) is 0 Å². The van der Waals surface area contributed by atoms with Gasteiger partial charge in [-0.1, -0.05) is 6.07 Å². The van der Waals surface area contributed by atoms with Gasteiger partial charge >= 0.3 is 21.2 Å². The molecule has 0 aromatic heterocycles. The number of nitrogens with zero attached hydrogens (tertiary/aromatic N) is 9. The van der Waals surface area contributed by atoms with Crippen LogP contribution in [0.1, 0.15) is 18.9 Å². The van der Waals surface area contributed by atoms with Crippen molar-refractivity contribution in [2.24, 2.45) is 40.9 Å². The molecular weight excluding hydrogens is 1420 g/mol. The normalized spacial score (nSPS) is 12.4. The first-order chi connectivity index (χ1) is 42.7. The second kappa shape index (κ2) is 28.8. The number of rotatable bonds is 20. The molecule has 7 aromatic carbocycles. The maximum atomic E-state index is 13.1. The van der Waals surface area contributed by atoms with E-state index in [1.165, 1.54) is 26.0 Å². The zero-order valence-electron chi connectivity index (χ0n) is 45.6. The number of nitrogens with two attached hydrogens (primary N) is 1. The van der Waals surface area contributed by atoms with Crippen LogP contribution in [0.2, 0.25) is 0 Å². The zero-order chi connectivity index (χ0) is 70.3. The average molecular weight is 1460 g/mol. The fourth-order valence-corrected chi connectivity index (χ4v) is 11.6. The maximum absolute atomic E-state index is 13.1. The fraction of sp³-hybridized carbons (Fsp3) is 0.114. The fourth-order valence-electron chi connectivity index (χ4n) is 7.67. The van der Waals surface area contributed by atoms with Crippen LogP contribution in [0.15, 0.2) is 150 Å². The Morgan fingerprint density at radius 3 is 1.56 bits per heavy atom. The standard InChI is InChI=1S/C44H37N11O24S6.2O3S/c1-20-14-32(46-21(2)56)34(79-12-3-13-80(61,62)63)18-31(20)52-49-27-8-4-22(15-36(27)82(67,68)69)47-54-41-38(84(73,74)75)17-26-24(42(41)57)6-11-30(44(26)85(76,77)78)51-53-33-19-35(81(64,65)66)25-7-10-29(43(58)39(25)40(33)45)50-48-28-9-5-23(55(59)60)16-37(28)83(70,71)72;2*1-4(2)3/h4-11,14-19,57-58H,3,12-13,45H2,1-2H3,(H,46,56)(H,61,62,63)(H,64,65,66)(H,67,68,69)(H,70,71,72)(H,73,74,75)(H,76,77,78);;. The van der Waals surface area contributed by atoms with Gasteiger partial charge in [-0.25, -0.2) is 0 Å². The molecule has 7 aromatic rings. The number of non-ortho nitro benzene ring substituents is 1. The molecule has 0 unspecified atom stereocenters. The largest absolute Gasteiger partial charge is 0.505 e. The van der Waals surface area contributed by atoms with E-state index in [2.05, 4.69) is 46.2 Å². The summed E-state index contributed by atoms with van der Waals surface area (Å²) in [5, 5.41) is 63.6. The van der Waals surface area contributed by atoms with Gasteiger partial charge in [0, 0.05) is 41.3 Å². The van der Waals surface area contributed by atoms with E-state index < -0.39 is 207 Å². The van der Waals surface area contributed by atoms with E-state index in [9.17, 15) is 98.4 Å². The number of benzene rings is 7. The Hall–Kier alpha value is -9.77. The van der Waals surface area contributed by atoms with Crippen molar-refractivity contribution in [3.63, 3.8) is 0 Å². The third-order valence-corrected chi connectivity index (χ3v) is 16.6. The third kappa shape index (κ3) is 19.6. The summed E-state index contributed by atoms with van der Waals surface area (Å²) < 4.78 is 265. The van der Waals surface area contributed by atoms with Crippen LogP contribution in [0.4, 0.5) is 62.6 Å². The van der Waals surface area contributed by atoms with Gasteiger partial charge in [0.05, 0.1) is 45.4 Å². The van der Waals surface area contributed by atoms with Crippen molar-refractivity contribution in [1.82, 2.24) is 0 Å². The minimum atomic E-state index is -5.67. The number of carbonyl (C=O) groups excluding carboxylic acids is 1. The smallest absolute Gasteiger partial charge is 0.425 e. The number of ether oxygens (including phenoxy) is 1. The third-order valence-electron chi connectivity index (χ3n) is 11.3. The Morgan fingerprint density at radius 2 is 1.03 bits per heavy atom. The summed E-state index contributed by atoms with van der Waals surface area (Å²) in [5.41, 5.74) is -0.157. The molecule has 0 saturated heterocycles. The number of nitro groups is 1. The number of nitro benzene ring substituents is 1. The van der Waals surface area contributed by atoms with E-state index in [0.29, 0.717) is 29.8 Å². The number of nitrogen functional groups attached to an aromatic ring is 1. The lowest BCUT2D eigenvalue weighted by Crippen LogP contribution is -2.11. The first-order valence-electron chi connectivity index (χ1n) is 23.6. The molecule has 0 spiro atoms. The summed E-state index contributed by atoms with van der Waals surface area (Å²) in [4.78, 5) is 16.2. The quantitative estimate of drug-likeness (QED) is 0.00946. The number of fused-ring (bicyclic) bond motifs is 2. The molecule has 41 nitrogen and oxygen atoms in total. The molecule has 0 heterocycles. The molecule has 0 fully saturated rings. The topological polar surface area (TPSA) is 675 Å². The first-order valence-corrected chi connectivity index (χ1v) is 34.4. The molecule has 49 heteroatoms. The second-order valence-electron chi connectivity index (χ2n) is 17.7. The Balaban J connectivity index is 0.00000185. The van der Waals surface area contributed by atoms with Crippen molar-refractivity contribution in [1.29, 1.82) is 0 Å². The van der Waals surface area contributed by atoms with Crippen molar-refractivity contribution in [3.8, 4) is 17.2 Å². The first kappa shape index (κ1) is 74.0. The Kier molecular flexibility index (Phi) is 22.9. The highest BCUT2D eigenvalue weighted by molar-refractivity contribution is 7.87. The summed E-state index contributed by atoms with van der Waals surface area (Å²) in [6.07, 6.45) is -0.183. The van der Waals surface area contributed by atoms with Crippen molar-refractivity contribution < 1.29 is 128 Å². The summed E-state index contributed by atoms with van der Waals surface area (Å²) >= 11 is 0. The maximum Gasteiger partial charge on any atom is 0.425 e. The van der Waals surface area contributed by atoms with Gasteiger partial charge in [0.2, 0.25) is 5.91 Å². The van der Waals surface area contributed by atoms with E-state index in [0.717, 1.165) is 48.5 Å². The molecule has 0 aliphatic carbocycles. The lowest BCUT2D eigenvalue weighted by molar-refractivity contribution is -0.385. The second-order valence-corrected chi connectivity index (χ2v) is 27.0. The number of carbonyl (C=O) groups is 1. The van der Waals surface area contributed by atoms with E-state index in [4.69, 9.17) is 40.3 Å². The number of phenols is 2. The van der Waals surface area contributed by atoms with Gasteiger partial charge in [-0.05, 0) is 79.6 Å². The minimum absolute atomic E-state index is 0.0166. The Morgan fingerprint density at radius 1 is 0.548 bits per heavy atom. The van der Waals surface area contributed by atoms with Crippen LogP contribution in [-0.2, 0) is 86.7 Å². The highest BCUT2D eigenvalue weighted by Gasteiger charge is 2.30. The van der Waals surface area contributed by atoms with Crippen LogP contribution in [0.3, 0.4) is 0 Å². The van der Waals surface area contributed by atoms with Crippen LogP contribution in [0, 0.1) is 17.0 Å². The molecule has 0 radical (unpaired) electrons. The summed E-state index contributed by atoms with van der Waals surface area (Å²) in [6, 6.07) is 11.5. The van der Waals surface area contributed by atoms with Gasteiger partial charge in [-0.3, -0.25) is 42.2 Å². The number of amides is 1. The lowest BCUT2D eigenvalue weighted by Gasteiger charge is -2.14. The average Bonchev–Trinajstić information content (AvgIpc) is 0.754. The molecule has 11 N–H and O–H groups in total. The minimum Gasteiger partial charge on any atom is -0.505 e. The number of hydrogen-bond acceptors (Lipinski definition) is 33. The number of anilines is 2. The Labute approximate surface area is 523 Å². The van der Waals surface area contributed by atoms with Crippen LogP contribution < -0.4 is 15.8 Å². The van der Waals surface area contributed by atoms with Crippen molar-refractivity contribution in [3.05, 3.63) is 101 Å². The summed E-state index contributed by atoms with van der Waals surface area (Å²) in [5.74, 6) is -3.59. The molecule has 0 atom stereocenters. The molecule has 93 heavy (non-hydrogen) atoms. The summed E-state index contributed by atoms with van der Waals surface area (Å²) in [6.45, 7) is 2.40. The number of azo groups is 4. The van der Waals surface area contributed by atoms with Gasteiger partial charge in [0.25, 0.3) is 66.4 Å². The van der Waals surface area contributed by atoms with Crippen LogP contribution >= 0.6 is 0 Å². The number of aromatic hydroxyl groups is 2. The Bertz CT molecular complexity index is 5350. The molecule has 0 bridgehead atoms. The number of aryl methyl sites for hydroxylation is 1. The van der Waals surface area contributed by atoms with Crippen molar-refractivity contribution in [2.75, 3.05) is 23.4 Å². The van der Waals surface area contributed by atoms with Crippen molar-refractivity contribution >= 4 is 172 Å².